The highest BCUT2D eigenvalue weighted by atomic mass is 35.5. The zero-order valence-electron chi connectivity index (χ0n) is 10.2. The van der Waals surface area contributed by atoms with E-state index < -0.39 is 0 Å². The predicted molar refractivity (Wildman–Crippen MR) is 73.4 cm³/mol. The summed E-state index contributed by atoms with van der Waals surface area (Å²) in [7, 11) is 0. The van der Waals surface area contributed by atoms with E-state index in [9.17, 15) is 4.79 Å². The van der Waals surface area contributed by atoms with Crippen molar-refractivity contribution in [2.75, 3.05) is 17.2 Å². The Labute approximate surface area is 115 Å². The molecule has 2 N–H and O–H groups in total. The number of halogens is 1. The first-order valence-electron chi connectivity index (χ1n) is 5.67. The predicted octanol–water partition coefficient (Wildman–Crippen LogP) is 2.21. The molecule has 2 aromatic rings. The van der Waals surface area contributed by atoms with Crippen molar-refractivity contribution in [1.82, 2.24) is 15.0 Å². The Bertz CT molecular complexity index is 576. The van der Waals surface area contributed by atoms with E-state index in [2.05, 4.69) is 25.6 Å². The fraction of sp³-hybridized carbons (Fsp3) is 0.167. The molecule has 0 bridgehead atoms. The number of hydrogen-bond acceptors (Lipinski definition) is 5. The summed E-state index contributed by atoms with van der Waals surface area (Å²) in [6.45, 7) is 2.63. The molecule has 6 nitrogen and oxygen atoms in total. The van der Waals surface area contributed by atoms with Gasteiger partial charge < -0.3 is 10.6 Å². The van der Waals surface area contributed by atoms with Gasteiger partial charge in [0.2, 0.25) is 0 Å². The summed E-state index contributed by atoms with van der Waals surface area (Å²) in [5.41, 5.74) is 0.935. The first-order chi connectivity index (χ1) is 9.19. The minimum atomic E-state index is -0.293. The average Bonchev–Trinajstić information content (AvgIpc) is 2.39. The smallest absolute Gasteiger partial charge is 0.255 e. The van der Waals surface area contributed by atoms with Crippen LogP contribution < -0.4 is 10.6 Å². The number of amides is 1. The molecule has 0 aliphatic carbocycles. The third-order valence-electron chi connectivity index (χ3n) is 2.23. The molecule has 0 atom stereocenters. The first kappa shape index (κ1) is 13.2. The standard InChI is InChI=1S/C12H12ClN5O/c1-2-16-11-4-8(3-10(13)18-11)12(19)17-9-5-14-7-15-6-9/h3-7H,2H2,1H3,(H,16,18)(H,17,19). The highest BCUT2D eigenvalue weighted by Gasteiger charge is 2.09. The third-order valence-corrected chi connectivity index (χ3v) is 2.43. The van der Waals surface area contributed by atoms with E-state index in [0.29, 0.717) is 23.6 Å². The SMILES string of the molecule is CCNc1cc(C(=O)Nc2cncnc2)cc(Cl)n1. The third kappa shape index (κ3) is 3.62. The van der Waals surface area contributed by atoms with Crippen molar-refractivity contribution in [3.05, 3.63) is 41.6 Å². The lowest BCUT2D eigenvalue weighted by atomic mass is 10.2. The molecule has 0 radical (unpaired) electrons. The van der Waals surface area contributed by atoms with Crippen LogP contribution in [0.25, 0.3) is 0 Å². The summed E-state index contributed by atoms with van der Waals surface area (Å²) < 4.78 is 0. The molecule has 1 amide bonds. The van der Waals surface area contributed by atoms with E-state index in [1.165, 1.54) is 24.8 Å². The lowest BCUT2D eigenvalue weighted by molar-refractivity contribution is 0.102. The van der Waals surface area contributed by atoms with E-state index in [0.717, 1.165) is 0 Å². The van der Waals surface area contributed by atoms with E-state index in [1.807, 2.05) is 6.92 Å². The molecule has 0 unspecified atom stereocenters. The topological polar surface area (TPSA) is 79.8 Å². The molecule has 0 spiro atoms. The van der Waals surface area contributed by atoms with Gasteiger partial charge >= 0.3 is 0 Å². The van der Waals surface area contributed by atoms with E-state index in [4.69, 9.17) is 11.6 Å². The van der Waals surface area contributed by atoms with Crippen molar-refractivity contribution in [3.8, 4) is 0 Å². The number of nitrogens with one attached hydrogen (secondary N) is 2. The molecule has 0 aromatic carbocycles. The number of anilines is 2. The summed E-state index contributed by atoms with van der Waals surface area (Å²) in [4.78, 5) is 23.7. The molecule has 2 rings (SSSR count). The van der Waals surface area contributed by atoms with Crippen molar-refractivity contribution in [2.45, 2.75) is 6.92 Å². The number of aromatic nitrogens is 3. The van der Waals surface area contributed by atoms with Crippen molar-refractivity contribution in [2.24, 2.45) is 0 Å². The van der Waals surface area contributed by atoms with Crippen LogP contribution in [0.1, 0.15) is 17.3 Å². The molecular formula is C12H12ClN5O. The van der Waals surface area contributed by atoms with Gasteiger partial charge in [-0.3, -0.25) is 4.79 Å². The first-order valence-corrected chi connectivity index (χ1v) is 6.04. The molecule has 0 aliphatic rings. The lowest BCUT2D eigenvalue weighted by Crippen LogP contribution is -2.13. The molecule has 98 valence electrons. The van der Waals surface area contributed by atoms with E-state index >= 15 is 0 Å². The number of carbonyl (C=O) groups excluding carboxylic acids is 1. The number of hydrogen-bond donors (Lipinski definition) is 2. The molecule has 7 heteroatoms. The molecule has 19 heavy (non-hydrogen) atoms. The molecule has 0 fully saturated rings. The van der Waals surface area contributed by atoms with Crippen LogP contribution in [0.5, 0.6) is 0 Å². The Kier molecular flexibility index (Phi) is 4.25. The van der Waals surface area contributed by atoms with Gasteiger partial charge in [-0.05, 0) is 19.1 Å². The van der Waals surface area contributed by atoms with Crippen molar-refractivity contribution < 1.29 is 4.79 Å². The minimum Gasteiger partial charge on any atom is -0.370 e. The fourth-order valence-corrected chi connectivity index (χ4v) is 1.68. The van der Waals surface area contributed by atoms with Gasteiger partial charge in [0.1, 0.15) is 17.3 Å². The van der Waals surface area contributed by atoms with Crippen LogP contribution in [0.4, 0.5) is 11.5 Å². The number of nitrogens with zero attached hydrogens (tertiary/aromatic N) is 3. The Balaban J connectivity index is 2.19. The van der Waals surface area contributed by atoms with Crippen LogP contribution >= 0.6 is 11.6 Å². The second-order valence-electron chi connectivity index (χ2n) is 3.68. The Morgan fingerprint density at radius 1 is 1.32 bits per heavy atom. The van der Waals surface area contributed by atoms with Gasteiger partial charge in [0, 0.05) is 12.1 Å². The average molecular weight is 278 g/mol. The van der Waals surface area contributed by atoms with Crippen molar-refractivity contribution in [1.29, 1.82) is 0 Å². The molecule has 0 aliphatic heterocycles. The molecule has 2 aromatic heterocycles. The zero-order chi connectivity index (χ0) is 13.7. The monoisotopic (exact) mass is 277 g/mol. The Morgan fingerprint density at radius 3 is 2.74 bits per heavy atom. The highest BCUT2D eigenvalue weighted by Crippen LogP contribution is 2.15. The zero-order valence-corrected chi connectivity index (χ0v) is 11.0. The quantitative estimate of drug-likeness (QED) is 0.838. The normalized spacial score (nSPS) is 10.0. The summed E-state index contributed by atoms with van der Waals surface area (Å²) in [5.74, 6) is 0.266. The maximum Gasteiger partial charge on any atom is 0.255 e. The van der Waals surface area contributed by atoms with Crippen molar-refractivity contribution >= 4 is 29.0 Å². The second-order valence-corrected chi connectivity index (χ2v) is 4.06. The van der Waals surface area contributed by atoms with Gasteiger partial charge in [0.05, 0.1) is 18.1 Å². The van der Waals surface area contributed by atoms with E-state index in [1.54, 1.807) is 6.07 Å². The van der Waals surface area contributed by atoms with Crippen LogP contribution in [-0.4, -0.2) is 27.4 Å². The van der Waals surface area contributed by atoms with Crippen LogP contribution in [0.2, 0.25) is 5.15 Å². The number of rotatable bonds is 4. The van der Waals surface area contributed by atoms with Gasteiger partial charge in [0.15, 0.2) is 0 Å². The van der Waals surface area contributed by atoms with Gasteiger partial charge in [-0.25, -0.2) is 15.0 Å². The summed E-state index contributed by atoms with van der Waals surface area (Å²) >= 11 is 5.88. The Morgan fingerprint density at radius 2 is 2.05 bits per heavy atom. The molecular weight excluding hydrogens is 266 g/mol. The molecule has 0 saturated heterocycles. The summed E-state index contributed by atoms with van der Waals surface area (Å²) in [5, 5.41) is 5.94. The van der Waals surface area contributed by atoms with Crippen molar-refractivity contribution in [3.63, 3.8) is 0 Å². The maximum absolute atomic E-state index is 12.0. The van der Waals surface area contributed by atoms with Crippen LogP contribution in [0.3, 0.4) is 0 Å². The van der Waals surface area contributed by atoms with Gasteiger partial charge in [0.25, 0.3) is 5.91 Å². The van der Waals surface area contributed by atoms with Gasteiger partial charge in [-0.15, -0.1) is 0 Å². The number of pyridine rings is 1. The molecule has 2 heterocycles. The van der Waals surface area contributed by atoms with Gasteiger partial charge in [-0.1, -0.05) is 11.6 Å². The number of carbonyl (C=O) groups is 1. The second kappa shape index (κ2) is 6.10. The Hall–Kier alpha value is -2.21. The van der Waals surface area contributed by atoms with Crippen LogP contribution in [-0.2, 0) is 0 Å². The van der Waals surface area contributed by atoms with Crippen LogP contribution in [0, 0.1) is 0 Å². The largest absolute Gasteiger partial charge is 0.370 e. The minimum absolute atomic E-state index is 0.257. The van der Waals surface area contributed by atoms with Gasteiger partial charge in [-0.2, -0.15) is 0 Å². The highest BCUT2D eigenvalue weighted by molar-refractivity contribution is 6.30. The fourth-order valence-electron chi connectivity index (χ4n) is 1.47. The lowest BCUT2D eigenvalue weighted by Gasteiger charge is -2.07. The van der Waals surface area contributed by atoms with Crippen LogP contribution in [0.15, 0.2) is 30.9 Å². The summed E-state index contributed by atoms with van der Waals surface area (Å²) in [6, 6.07) is 3.13. The van der Waals surface area contributed by atoms with E-state index in [-0.39, 0.29) is 11.1 Å². The molecule has 0 saturated carbocycles. The summed E-state index contributed by atoms with van der Waals surface area (Å²) in [6.07, 6.45) is 4.42. The maximum atomic E-state index is 12.0.